The van der Waals surface area contributed by atoms with Crippen LogP contribution in [0.4, 0.5) is 10.1 Å². The number of benzene rings is 1. The van der Waals surface area contributed by atoms with Crippen molar-refractivity contribution >= 4 is 49.5 Å². The van der Waals surface area contributed by atoms with Crippen LogP contribution in [-0.2, 0) is 19.1 Å². The minimum Gasteiger partial charge on any atom is -0.466 e. The van der Waals surface area contributed by atoms with Gasteiger partial charge in [0, 0.05) is 0 Å². The fourth-order valence-corrected chi connectivity index (χ4v) is 2.87. The van der Waals surface area contributed by atoms with Gasteiger partial charge in [0.2, 0.25) is 0 Å². The van der Waals surface area contributed by atoms with Gasteiger partial charge >= 0.3 is 11.9 Å². The molecule has 8 heteroatoms. The molecule has 0 atom stereocenters. The zero-order chi connectivity index (χ0) is 16.2. The molecule has 0 aliphatic rings. The summed E-state index contributed by atoms with van der Waals surface area (Å²) in [6.07, 6.45) is 0.928. The van der Waals surface area contributed by atoms with Gasteiger partial charge in [-0.15, -0.1) is 0 Å². The number of hydrogen-bond donors (Lipinski definition) is 1. The highest BCUT2D eigenvalue weighted by Gasteiger charge is 2.18. The number of nitrogens with one attached hydrogen (secondary N) is 1. The second-order valence-corrected chi connectivity index (χ2v) is 5.52. The molecule has 0 radical (unpaired) electrons. The number of rotatable bonds is 4. The Labute approximate surface area is 137 Å². The molecule has 0 saturated carbocycles. The number of methoxy groups -OCH3 is 2. The Bertz CT molecular complexity index is 617. The molecule has 5 nitrogen and oxygen atoms in total. The van der Waals surface area contributed by atoms with Gasteiger partial charge in [-0.2, -0.15) is 0 Å². The Kier molecular flexibility index (Phi) is 6.35. The zero-order valence-corrected chi connectivity index (χ0v) is 14.6. The number of carbonyl (C=O) groups is 2. The van der Waals surface area contributed by atoms with Crippen LogP contribution in [0.2, 0.25) is 0 Å². The summed E-state index contributed by atoms with van der Waals surface area (Å²) in [5.74, 6) is -2.06. The maximum Gasteiger partial charge on any atom is 0.354 e. The number of aryl methyl sites for hydroxylation is 1. The van der Waals surface area contributed by atoms with Crippen LogP contribution in [0.1, 0.15) is 5.56 Å². The van der Waals surface area contributed by atoms with Gasteiger partial charge in [0.15, 0.2) is 5.82 Å². The predicted molar refractivity (Wildman–Crippen MR) is 82.3 cm³/mol. The highest BCUT2D eigenvalue weighted by Crippen LogP contribution is 2.34. The molecular formula is C13H12Br2FNO4. The SMILES string of the molecule is COC(=O)/C=C(/Nc1c(C)cc(Br)c(F)c1Br)C(=O)OC. The normalized spacial score (nSPS) is 11.0. The molecule has 1 N–H and O–H groups in total. The van der Waals surface area contributed by atoms with Gasteiger partial charge in [0.25, 0.3) is 0 Å². The Morgan fingerprint density at radius 2 is 1.90 bits per heavy atom. The van der Waals surface area contributed by atoms with Crippen LogP contribution < -0.4 is 5.32 Å². The van der Waals surface area contributed by atoms with Gasteiger partial charge in [0.1, 0.15) is 5.70 Å². The molecule has 0 bridgehead atoms. The fraction of sp³-hybridized carbons (Fsp3) is 0.231. The Morgan fingerprint density at radius 3 is 2.43 bits per heavy atom. The lowest BCUT2D eigenvalue weighted by Gasteiger charge is -2.14. The first-order chi connectivity index (χ1) is 9.81. The van der Waals surface area contributed by atoms with E-state index >= 15 is 0 Å². The van der Waals surface area contributed by atoms with Crippen LogP contribution in [0.5, 0.6) is 0 Å². The maximum atomic E-state index is 13.9. The first kappa shape index (κ1) is 17.6. The van der Waals surface area contributed by atoms with E-state index in [1.54, 1.807) is 6.92 Å². The molecule has 0 aliphatic carbocycles. The third-order valence-corrected chi connectivity index (χ3v) is 3.81. The van der Waals surface area contributed by atoms with Crippen LogP contribution in [0.25, 0.3) is 0 Å². The average Bonchev–Trinajstić information content (AvgIpc) is 2.46. The molecular weight excluding hydrogens is 413 g/mol. The van der Waals surface area contributed by atoms with E-state index in [0.29, 0.717) is 11.3 Å². The summed E-state index contributed by atoms with van der Waals surface area (Å²) in [5, 5.41) is 2.68. The van der Waals surface area contributed by atoms with E-state index in [-0.39, 0.29) is 14.6 Å². The van der Waals surface area contributed by atoms with Gasteiger partial charge in [-0.05, 0) is 50.4 Å². The molecule has 114 valence electrons. The summed E-state index contributed by atoms with van der Waals surface area (Å²) >= 11 is 6.18. The maximum absolute atomic E-state index is 13.9. The van der Waals surface area contributed by atoms with Crippen molar-refractivity contribution in [3.63, 3.8) is 0 Å². The van der Waals surface area contributed by atoms with Gasteiger partial charge in [-0.3, -0.25) is 0 Å². The molecule has 0 amide bonds. The third kappa shape index (κ3) is 4.28. The van der Waals surface area contributed by atoms with Crippen LogP contribution in [0.15, 0.2) is 26.8 Å². The van der Waals surface area contributed by atoms with Crippen molar-refractivity contribution in [2.24, 2.45) is 0 Å². The van der Waals surface area contributed by atoms with Crippen molar-refractivity contribution in [2.45, 2.75) is 6.92 Å². The lowest BCUT2D eigenvalue weighted by molar-refractivity contribution is -0.138. The Balaban J connectivity index is 3.28. The standard InChI is InChI=1S/C13H12Br2FNO4/c1-6-4-7(14)11(16)10(15)12(6)17-8(13(19)21-3)5-9(18)20-2/h4-5,17H,1-3H3/b8-5+. The summed E-state index contributed by atoms with van der Waals surface area (Å²) in [6, 6.07) is 1.54. The molecule has 21 heavy (non-hydrogen) atoms. The fourth-order valence-electron chi connectivity index (χ4n) is 1.43. The number of anilines is 1. The number of esters is 2. The largest absolute Gasteiger partial charge is 0.466 e. The van der Waals surface area contributed by atoms with Crippen molar-refractivity contribution in [3.8, 4) is 0 Å². The summed E-state index contributed by atoms with van der Waals surface area (Å²) in [4.78, 5) is 22.9. The van der Waals surface area contributed by atoms with Crippen LogP contribution in [-0.4, -0.2) is 26.2 Å². The first-order valence-electron chi connectivity index (χ1n) is 5.60. The number of ether oxygens (including phenoxy) is 2. The second kappa shape index (κ2) is 7.56. The third-order valence-electron chi connectivity index (χ3n) is 2.49. The summed E-state index contributed by atoms with van der Waals surface area (Å²) in [5.41, 5.74) is 0.779. The predicted octanol–water partition coefficient (Wildman–Crippen LogP) is 3.30. The number of halogens is 3. The van der Waals surface area contributed by atoms with Crippen molar-refractivity contribution in [1.82, 2.24) is 0 Å². The molecule has 0 aromatic heterocycles. The second-order valence-electron chi connectivity index (χ2n) is 3.88. The van der Waals surface area contributed by atoms with Crippen molar-refractivity contribution in [2.75, 3.05) is 19.5 Å². The van der Waals surface area contributed by atoms with Gasteiger partial charge < -0.3 is 14.8 Å². The van der Waals surface area contributed by atoms with E-state index in [1.165, 1.54) is 20.3 Å². The van der Waals surface area contributed by atoms with Crippen molar-refractivity contribution < 1.29 is 23.5 Å². The minimum absolute atomic E-state index is 0.119. The lowest BCUT2D eigenvalue weighted by Crippen LogP contribution is -2.16. The summed E-state index contributed by atoms with van der Waals surface area (Å²) in [6.45, 7) is 1.71. The highest BCUT2D eigenvalue weighted by molar-refractivity contribution is 9.11. The van der Waals surface area contributed by atoms with Gasteiger partial charge in [0.05, 0.1) is 34.9 Å². The van der Waals surface area contributed by atoms with Crippen molar-refractivity contribution in [3.05, 3.63) is 38.2 Å². The zero-order valence-electron chi connectivity index (χ0n) is 11.4. The smallest absolute Gasteiger partial charge is 0.354 e. The number of carbonyl (C=O) groups excluding carboxylic acids is 2. The van der Waals surface area contributed by atoms with Gasteiger partial charge in [-0.25, -0.2) is 14.0 Å². The van der Waals surface area contributed by atoms with Crippen LogP contribution >= 0.6 is 31.9 Å². The quantitative estimate of drug-likeness (QED) is 0.456. The molecule has 0 spiro atoms. The molecule has 0 unspecified atom stereocenters. The molecule has 0 heterocycles. The molecule has 0 fully saturated rings. The van der Waals surface area contributed by atoms with E-state index in [1.807, 2.05) is 0 Å². The van der Waals surface area contributed by atoms with E-state index in [9.17, 15) is 14.0 Å². The van der Waals surface area contributed by atoms with E-state index in [2.05, 4.69) is 46.7 Å². The molecule has 0 saturated heterocycles. The van der Waals surface area contributed by atoms with Crippen LogP contribution in [0, 0.1) is 12.7 Å². The molecule has 0 aliphatic heterocycles. The van der Waals surface area contributed by atoms with E-state index in [4.69, 9.17) is 0 Å². The first-order valence-corrected chi connectivity index (χ1v) is 7.19. The lowest BCUT2D eigenvalue weighted by atomic mass is 10.2. The average molecular weight is 425 g/mol. The Hall–Kier alpha value is -1.41. The van der Waals surface area contributed by atoms with Crippen molar-refractivity contribution in [1.29, 1.82) is 0 Å². The van der Waals surface area contributed by atoms with E-state index < -0.39 is 17.8 Å². The summed E-state index contributed by atoms with van der Waals surface area (Å²) < 4.78 is 23.3. The minimum atomic E-state index is -0.782. The van der Waals surface area contributed by atoms with Crippen LogP contribution in [0.3, 0.4) is 0 Å². The monoisotopic (exact) mass is 423 g/mol. The topological polar surface area (TPSA) is 64.6 Å². The Morgan fingerprint density at radius 1 is 1.29 bits per heavy atom. The van der Waals surface area contributed by atoms with Gasteiger partial charge in [-0.1, -0.05) is 0 Å². The highest BCUT2D eigenvalue weighted by atomic mass is 79.9. The summed E-state index contributed by atoms with van der Waals surface area (Å²) in [7, 11) is 2.34. The number of hydrogen-bond acceptors (Lipinski definition) is 5. The molecule has 1 rings (SSSR count). The van der Waals surface area contributed by atoms with E-state index in [0.717, 1.165) is 6.08 Å². The molecule has 1 aromatic rings. The molecule has 1 aromatic carbocycles.